The molecule has 1 aliphatic rings. The summed E-state index contributed by atoms with van der Waals surface area (Å²) in [5.74, 6) is 0.153. The monoisotopic (exact) mass is 279 g/mol. The van der Waals surface area contributed by atoms with Gasteiger partial charge in [-0.2, -0.15) is 0 Å². The molecule has 1 aromatic carbocycles. The second-order valence-corrected chi connectivity index (χ2v) is 4.71. The van der Waals surface area contributed by atoms with Crippen LogP contribution in [-0.4, -0.2) is 41.5 Å². The Morgan fingerprint density at radius 3 is 2.90 bits per heavy atom. The quantitative estimate of drug-likeness (QED) is 0.638. The molecule has 7 heteroatoms. The van der Waals surface area contributed by atoms with E-state index in [2.05, 4.69) is 0 Å². The Bertz CT molecular complexity index is 506. The van der Waals surface area contributed by atoms with Gasteiger partial charge in [-0.25, -0.2) is 0 Å². The molecule has 0 unspecified atom stereocenters. The zero-order valence-electron chi connectivity index (χ0n) is 11.0. The fraction of sp³-hybridized carbons (Fsp3) is 0.462. The van der Waals surface area contributed by atoms with Gasteiger partial charge in [0.05, 0.1) is 18.0 Å². The van der Waals surface area contributed by atoms with Crippen LogP contribution in [0.25, 0.3) is 0 Å². The molecule has 2 rings (SSSR count). The summed E-state index contributed by atoms with van der Waals surface area (Å²) in [6, 6.07) is 6.17. The summed E-state index contributed by atoms with van der Waals surface area (Å²) < 4.78 is 5.34. The second kappa shape index (κ2) is 6.33. The van der Waals surface area contributed by atoms with Gasteiger partial charge >= 0.3 is 5.69 Å². The van der Waals surface area contributed by atoms with Gasteiger partial charge in [0, 0.05) is 25.2 Å². The first kappa shape index (κ1) is 14.3. The Morgan fingerprint density at radius 1 is 1.50 bits per heavy atom. The van der Waals surface area contributed by atoms with Gasteiger partial charge < -0.3 is 15.4 Å². The minimum Gasteiger partial charge on any atom is -0.486 e. The average Bonchev–Trinajstić information content (AvgIpc) is 2.86. The smallest absolute Gasteiger partial charge is 0.310 e. The van der Waals surface area contributed by atoms with Crippen LogP contribution >= 0.6 is 0 Å². The highest BCUT2D eigenvalue weighted by molar-refractivity contribution is 5.76. The number of nitrogens with zero attached hydrogens (tertiary/aromatic N) is 2. The van der Waals surface area contributed by atoms with E-state index in [1.165, 1.54) is 12.1 Å². The number of nitro benzene ring substituents is 1. The number of para-hydroxylation sites is 2. The number of rotatable bonds is 5. The molecule has 0 bridgehead atoms. The maximum atomic E-state index is 11.9. The Balaban J connectivity index is 1.84. The number of hydrogen-bond donors (Lipinski definition) is 1. The number of benzene rings is 1. The fourth-order valence-corrected chi connectivity index (χ4v) is 2.15. The molecule has 1 fully saturated rings. The fourth-order valence-electron chi connectivity index (χ4n) is 2.15. The van der Waals surface area contributed by atoms with Crippen LogP contribution in [0.3, 0.4) is 0 Å². The molecular weight excluding hydrogens is 262 g/mol. The van der Waals surface area contributed by atoms with Crippen molar-refractivity contribution in [2.45, 2.75) is 18.9 Å². The topological polar surface area (TPSA) is 98.7 Å². The van der Waals surface area contributed by atoms with E-state index in [0.29, 0.717) is 13.1 Å². The van der Waals surface area contributed by atoms with Crippen molar-refractivity contribution in [3.8, 4) is 5.75 Å². The van der Waals surface area contributed by atoms with Crippen molar-refractivity contribution in [2.75, 3.05) is 19.7 Å². The van der Waals surface area contributed by atoms with E-state index in [1.54, 1.807) is 17.0 Å². The van der Waals surface area contributed by atoms with Crippen LogP contribution in [0.5, 0.6) is 5.75 Å². The highest BCUT2D eigenvalue weighted by Crippen LogP contribution is 2.25. The zero-order valence-corrected chi connectivity index (χ0v) is 11.0. The van der Waals surface area contributed by atoms with E-state index in [9.17, 15) is 14.9 Å². The van der Waals surface area contributed by atoms with Crippen molar-refractivity contribution in [1.82, 2.24) is 4.90 Å². The molecule has 1 aromatic rings. The van der Waals surface area contributed by atoms with Crippen LogP contribution in [0.2, 0.25) is 0 Å². The standard InChI is InChI=1S/C13H17N3O4/c14-10-5-7-15(9-10)13(17)6-8-20-12-4-2-1-3-11(12)16(18)19/h1-4,10H,5-9,14H2/t10-/m1/s1. The molecule has 7 nitrogen and oxygen atoms in total. The lowest BCUT2D eigenvalue weighted by Crippen LogP contribution is -2.32. The van der Waals surface area contributed by atoms with Gasteiger partial charge in [0.25, 0.3) is 0 Å². The lowest BCUT2D eigenvalue weighted by Gasteiger charge is -2.15. The molecule has 20 heavy (non-hydrogen) atoms. The summed E-state index contributed by atoms with van der Waals surface area (Å²) >= 11 is 0. The maximum absolute atomic E-state index is 11.9. The molecule has 2 N–H and O–H groups in total. The SMILES string of the molecule is N[C@@H]1CCN(C(=O)CCOc2ccccc2[N+](=O)[O-])C1. The molecule has 0 aromatic heterocycles. The minimum absolute atomic E-state index is 0.0310. The van der Waals surface area contributed by atoms with E-state index >= 15 is 0 Å². The lowest BCUT2D eigenvalue weighted by molar-refractivity contribution is -0.385. The molecule has 0 saturated carbocycles. The van der Waals surface area contributed by atoms with E-state index in [-0.39, 0.29) is 36.4 Å². The summed E-state index contributed by atoms with van der Waals surface area (Å²) in [6.07, 6.45) is 1.01. The molecule has 0 radical (unpaired) electrons. The van der Waals surface area contributed by atoms with Crippen molar-refractivity contribution in [1.29, 1.82) is 0 Å². The number of nitrogens with two attached hydrogens (primary N) is 1. The van der Waals surface area contributed by atoms with Gasteiger partial charge in [-0.05, 0) is 12.5 Å². The van der Waals surface area contributed by atoms with Crippen LogP contribution in [0.4, 0.5) is 5.69 Å². The highest BCUT2D eigenvalue weighted by Gasteiger charge is 2.23. The van der Waals surface area contributed by atoms with Crippen molar-refractivity contribution >= 4 is 11.6 Å². The molecule has 0 aliphatic carbocycles. The number of nitro groups is 1. The number of ether oxygens (including phenoxy) is 1. The average molecular weight is 279 g/mol. The van der Waals surface area contributed by atoms with Crippen molar-refractivity contribution in [3.63, 3.8) is 0 Å². The molecule has 1 atom stereocenters. The highest BCUT2D eigenvalue weighted by atomic mass is 16.6. The van der Waals surface area contributed by atoms with E-state index < -0.39 is 4.92 Å². The van der Waals surface area contributed by atoms with Gasteiger partial charge in [-0.15, -0.1) is 0 Å². The van der Waals surface area contributed by atoms with Gasteiger partial charge in [-0.3, -0.25) is 14.9 Å². The van der Waals surface area contributed by atoms with Gasteiger partial charge in [0.2, 0.25) is 5.91 Å². The third kappa shape index (κ3) is 3.45. The number of likely N-dealkylation sites (tertiary alicyclic amines) is 1. The van der Waals surface area contributed by atoms with Crippen LogP contribution in [0.1, 0.15) is 12.8 Å². The number of amides is 1. The first-order chi connectivity index (χ1) is 9.58. The molecule has 1 heterocycles. The Labute approximate surface area is 116 Å². The minimum atomic E-state index is -0.503. The van der Waals surface area contributed by atoms with E-state index in [4.69, 9.17) is 10.5 Å². The van der Waals surface area contributed by atoms with E-state index in [1.807, 2.05) is 0 Å². The summed E-state index contributed by atoms with van der Waals surface area (Å²) in [4.78, 5) is 23.9. The maximum Gasteiger partial charge on any atom is 0.310 e. The largest absolute Gasteiger partial charge is 0.486 e. The number of carbonyl (C=O) groups is 1. The predicted molar refractivity (Wildman–Crippen MR) is 72.4 cm³/mol. The molecule has 1 saturated heterocycles. The Kier molecular flexibility index (Phi) is 4.52. The summed E-state index contributed by atoms with van der Waals surface area (Å²) in [5, 5.41) is 10.8. The number of carbonyl (C=O) groups excluding carboxylic acids is 1. The van der Waals surface area contributed by atoms with Crippen molar-refractivity contribution < 1.29 is 14.5 Å². The van der Waals surface area contributed by atoms with E-state index in [0.717, 1.165) is 6.42 Å². The summed E-state index contributed by atoms with van der Waals surface area (Å²) in [5.41, 5.74) is 5.64. The normalized spacial score (nSPS) is 18.1. The van der Waals surface area contributed by atoms with Gasteiger partial charge in [0.15, 0.2) is 5.75 Å². The Morgan fingerprint density at radius 2 is 2.25 bits per heavy atom. The van der Waals surface area contributed by atoms with Crippen LogP contribution in [0, 0.1) is 10.1 Å². The van der Waals surface area contributed by atoms with Crippen LogP contribution in [-0.2, 0) is 4.79 Å². The molecular formula is C13H17N3O4. The van der Waals surface area contributed by atoms with Crippen molar-refractivity contribution in [2.24, 2.45) is 5.73 Å². The number of hydrogen-bond acceptors (Lipinski definition) is 5. The molecule has 1 aliphatic heterocycles. The molecule has 108 valence electrons. The third-order valence-electron chi connectivity index (χ3n) is 3.21. The summed E-state index contributed by atoms with van der Waals surface area (Å²) in [6.45, 7) is 1.37. The second-order valence-electron chi connectivity index (χ2n) is 4.71. The Hall–Kier alpha value is -2.15. The zero-order chi connectivity index (χ0) is 14.5. The lowest BCUT2D eigenvalue weighted by atomic mass is 10.3. The van der Waals surface area contributed by atoms with Gasteiger partial charge in [0.1, 0.15) is 0 Å². The predicted octanol–water partition coefficient (Wildman–Crippen LogP) is 0.923. The summed E-state index contributed by atoms with van der Waals surface area (Å²) in [7, 11) is 0. The third-order valence-corrected chi connectivity index (χ3v) is 3.21. The first-order valence-electron chi connectivity index (χ1n) is 6.47. The van der Waals surface area contributed by atoms with Gasteiger partial charge in [-0.1, -0.05) is 12.1 Å². The molecule has 0 spiro atoms. The van der Waals surface area contributed by atoms with Crippen LogP contribution in [0.15, 0.2) is 24.3 Å². The first-order valence-corrected chi connectivity index (χ1v) is 6.47. The molecule has 1 amide bonds. The van der Waals surface area contributed by atoms with Crippen LogP contribution < -0.4 is 10.5 Å². The van der Waals surface area contributed by atoms with Crippen molar-refractivity contribution in [3.05, 3.63) is 34.4 Å².